The number of para-hydroxylation sites is 1. The van der Waals surface area contributed by atoms with Gasteiger partial charge in [-0.1, -0.05) is 69.3 Å². The van der Waals surface area contributed by atoms with E-state index in [1.807, 2.05) is 36.4 Å². The van der Waals surface area contributed by atoms with Crippen LogP contribution in [0, 0.1) is 5.41 Å². The Hall–Kier alpha value is -2.41. The molecule has 4 rings (SSSR count). The number of aromatic nitrogens is 1. The predicted octanol–water partition coefficient (Wildman–Crippen LogP) is 4.88. The fourth-order valence-corrected chi connectivity index (χ4v) is 5.72. The molecule has 5 nitrogen and oxygen atoms in total. The summed E-state index contributed by atoms with van der Waals surface area (Å²) < 4.78 is 12.3. The van der Waals surface area contributed by atoms with Crippen LogP contribution in [-0.2, 0) is 27.0 Å². The molecule has 1 aromatic heterocycles. The Morgan fingerprint density at radius 3 is 2.47 bits per heavy atom. The quantitative estimate of drug-likeness (QED) is 0.415. The first-order valence-electron chi connectivity index (χ1n) is 11.5. The third kappa shape index (κ3) is 4.82. The molecule has 0 saturated heterocycles. The van der Waals surface area contributed by atoms with E-state index in [0.29, 0.717) is 6.42 Å². The first-order chi connectivity index (χ1) is 15.2. The number of ether oxygens (including phenoxy) is 1. The number of H-pyrrole nitrogens is 1. The third-order valence-electron chi connectivity index (χ3n) is 6.03. The summed E-state index contributed by atoms with van der Waals surface area (Å²) in [5, 5.41) is 4.78. The molecule has 3 atom stereocenters. The second-order valence-electron chi connectivity index (χ2n) is 10.0. The van der Waals surface area contributed by atoms with Crippen molar-refractivity contribution in [1.82, 2.24) is 10.3 Å². The summed E-state index contributed by atoms with van der Waals surface area (Å²) in [5.74, 6) is -0.218. The predicted molar refractivity (Wildman–Crippen MR) is 131 cm³/mol. The fraction of sp³-hybridized carbons (Fsp3) is 0.423. The van der Waals surface area contributed by atoms with Crippen LogP contribution in [0.15, 0.2) is 54.6 Å². The van der Waals surface area contributed by atoms with E-state index >= 15 is 0 Å². The zero-order chi connectivity index (χ0) is 22.9. The lowest BCUT2D eigenvalue weighted by molar-refractivity contribution is -0.148. The van der Waals surface area contributed by atoms with Crippen LogP contribution in [0.1, 0.15) is 43.6 Å². The lowest BCUT2D eigenvalue weighted by Crippen LogP contribution is -2.53. The molecule has 3 unspecified atom stereocenters. The van der Waals surface area contributed by atoms with Crippen LogP contribution in [0.25, 0.3) is 10.9 Å². The number of hydrogen-bond donors (Lipinski definition) is 2. The number of rotatable bonds is 6. The van der Waals surface area contributed by atoms with Gasteiger partial charge in [-0.3, -0.25) is 10.1 Å². The van der Waals surface area contributed by atoms with Gasteiger partial charge in [0.15, 0.2) is 9.04 Å². The molecule has 3 aromatic rings. The number of carbonyl (C=O) groups is 1. The van der Waals surface area contributed by atoms with Crippen molar-refractivity contribution in [3.05, 3.63) is 71.4 Å². The van der Waals surface area contributed by atoms with Crippen molar-refractivity contribution >= 4 is 25.9 Å². The first kappa shape index (κ1) is 22.8. The molecule has 170 valence electrons. The molecule has 0 bridgehead atoms. The molecule has 0 saturated carbocycles. The van der Waals surface area contributed by atoms with Gasteiger partial charge in [0, 0.05) is 23.0 Å². The van der Waals surface area contributed by atoms with E-state index in [1.54, 1.807) is 0 Å². The van der Waals surface area contributed by atoms with Crippen molar-refractivity contribution in [1.29, 1.82) is 0 Å². The third-order valence-corrected chi connectivity index (χ3v) is 6.87. The normalized spacial score (nSPS) is 19.7. The zero-order valence-electron chi connectivity index (χ0n) is 19.6. The Labute approximate surface area is 192 Å². The van der Waals surface area contributed by atoms with E-state index in [-0.39, 0.29) is 30.1 Å². The number of hydrogen-bond acceptors (Lipinski definition) is 4. The van der Waals surface area contributed by atoms with Crippen LogP contribution in [0.2, 0.25) is 13.1 Å². The Morgan fingerprint density at radius 1 is 1.09 bits per heavy atom. The van der Waals surface area contributed by atoms with Gasteiger partial charge in [0.2, 0.25) is 0 Å². The summed E-state index contributed by atoms with van der Waals surface area (Å²) in [7, 11) is -1.32. The molecule has 0 fully saturated rings. The number of aromatic amines is 1. The maximum Gasteiger partial charge on any atom is 0.323 e. The largest absolute Gasteiger partial charge is 0.460 e. The Balaban J connectivity index is 1.67. The summed E-state index contributed by atoms with van der Waals surface area (Å²) in [6.45, 7) is 11.3. The number of esters is 1. The Kier molecular flexibility index (Phi) is 6.56. The van der Waals surface area contributed by atoms with Gasteiger partial charge in [-0.25, -0.2) is 0 Å². The number of nitrogens with one attached hydrogen (secondary N) is 2. The molecule has 0 aliphatic carbocycles. The van der Waals surface area contributed by atoms with Crippen molar-refractivity contribution in [3.63, 3.8) is 0 Å². The average Bonchev–Trinajstić information content (AvgIpc) is 3.14. The average molecular weight is 451 g/mol. The molecule has 2 N–H and O–H groups in total. The van der Waals surface area contributed by atoms with Crippen LogP contribution < -0.4 is 5.32 Å². The monoisotopic (exact) mass is 450 g/mol. The van der Waals surface area contributed by atoms with E-state index in [9.17, 15) is 4.79 Å². The van der Waals surface area contributed by atoms with Gasteiger partial charge in [0.25, 0.3) is 0 Å². The lowest BCUT2D eigenvalue weighted by atomic mass is 9.80. The van der Waals surface area contributed by atoms with E-state index < -0.39 is 15.1 Å². The Morgan fingerprint density at radius 2 is 1.78 bits per heavy atom. The fourth-order valence-electron chi connectivity index (χ4n) is 4.56. The van der Waals surface area contributed by atoms with Gasteiger partial charge >= 0.3 is 5.97 Å². The zero-order valence-corrected chi connectivity index (χ0v) is 20.8. The van der Waals surface area contributed by atoms with Gasteiger partial charge in [-0.15, -0.1) is 0 Å². The van der Waals surface area contributed by atoms with Crippen molar-refractivity contribution in [3.8, 4) is 0 Å². The molecular formula is C26H34N2O3Si. The minimum absolute atomic E-state index is 0.0642. The molecule has 6 heteroatoms. The smallest absolute Gasteiger partial charge is 0.323 e. The molecular weight excluding hydrogens is 416 g/mol. The maximum atomic E-state index is 13.2. The van der Waals surface area contributed by atoms with Gasteiger partial charge < -0.3 is 14.1 Å². The summed E-state index contributed by atoms with van der Waals surface area (Å²) in [6, 6.07) is 17.6. The molecule has 1 aliphatic heterocycles. The summed E-state index contributed by atoms with van der Waals surface area (Å²) in [5.41, 5.74) is 4.31. The highest BCUT2D eigenvalue weighted by molar-refractivity contribution is 6.48. The van der Waals surface area contributed by atoms with Crippen LogP contribution >= 0.6 is 0 Å². The number of benzene rings is 2. The highest BCUT2D eigenvalue weighted by Crippen LogP contribution is 2.40. The summed E-state index contributed by atoms with van der Waals surface area (Å²) >= 11 is 0. The minimum Gasteiger partial charge on any atom is -0.460 e. The van der Waals surface area contributed by atoms with Crippen molar-refractivity contribution in [2.75, 3.05) is 0 Å². The topological polar surface area (TPSA) is 63.4 Å². The van der Waals surface area contributed by atoms with Crippen LogP contribution in [-0.4, -0.2) is 32.1 Å². The highest BCUT2D eigenvalue weighted by Gasteiger charge is 2.42. The van der Waals surface area contributed by atoms with Gasteiger partial charge in [-0.05, 0) is 35.7 Å². The minimum atomic E-state index is -1.32. The summed E-state index contributed by atoms with van der Waals surface area (Å²) in [6.07, 6.45) is 0.533. The number of fused-ring (bicyclic) bond motifs is 3. The van der Waals surface area contributed by atoms with Gasteiger partial charge in [-0.2, -0.15) is 0 Å². The SMILES string of the molecule is C[SiH](C)OC(C1NC(C(=O)OCc2ccccc2)Cc2c1[nH]c1ccccc21)C(C)(C)C. The maximum absolute atomic E-state index is 13.2. The molecule has 2 heterocycles. The van der Waals surface area contributed by atoms with E-state index in [0.717, 1.165) is 16.8 Å². The van der Waals surface area contributed by atoms with Crippen LogP contribution in [0.4, 0.5) is 0 Å². The van der Waals surface area contributed by atoms with E-state index in [1.165, 1.54) is 10.9 Å². The van der Waals surface area contributed by atoms with Gasteiger partial charge in [0.1, 0.15) is 12.6 Å². The molecule has 32 heavy (non-hydrogen) atoms. The molecule has 0 spiro atoms. The van der Waals surface area contributed by atoms with Crippen LogP contribution in [0.5, 0.6) is 0 Å². The van der Waals surface area contributed by atoms with E-state index in [4.69, 9.17) is 9.16 Å². The van der Waals surface area contributed by atoms with Crippen molar-refractivity contribution in [2.45, 2.75) is 65.1 Å². The molecule has 0 amide bonds. The van der Waals surface area contributed by atoms with Crippen molar-refractivity contribution in [2.24, 2.45) is 5.41 Å². The first-order valence-corrected chi connectivity index (χ1v) is 14.2. The molecule has 1 aliphatic rings. The highest BCUT2D eigenvalue weighted by atomic mass is 28.3. The molecule has 0 radical (unpaired) electrons. The van der Waals surface area contributed by atoms with E-state index in [2.05, 4.69) is 62.4 Å². The second-order valence-corrected chi connectivity index (χ2v) is 12.4. The van der Waals surface area contributed by atoms with Crippen LogP contribution in [0.3, 0.4) is 0 Å². The van der Waals surface area contributed by atoms with Crippen molar-refractivity contribution < 1.29 is 14.0 Å². The van der Waals surface area contributed by atoms with Gasteiger partial charge in [0.05, 0.1) is 12.1 Å². The molecule has 2 aromatic carbocycles. The number of carbonyl (C=O) groups excluding carboxylic acids is 1. The standard InChI is InChI=1S/C26H34N2O3Si/c1-26(2,3)24(31-32(4)5)23-22-19(18-13-9-10-14-20(18)27-22)15-21(28-23)25(29)30-16-17-11-7-6-8-12-17/h6-14,21,23-24,27-28,32H,15-16H2,1-5H3. The lowest BCUT2D eigenvalue weighted by Gasteiger charge is -2.42. The Bertz CT molecular complexity index is 1070. The summed E-state index contributed by atoms with van der Waals surface area (Å²) in [4.78, 5) is 16.8. The second kappa shape index (κ2) is 9.22.